The van der Waals surface area contributed by atoms with E-state index in [9.17, 15) is 5.11 Å². The lowest BCUT2D eigenvalue weighted by molar-refractivity contribution is 0.0970. The molecule has 1 saturated carbocycles. The Morgan fingerprint density at radius 3 is 2.50 bits per heavy atom. The highest BCUT2D eigenvalue weighted by atomic mass is 16.5. The van der Waals surface area contributed by atoms with Gasteiger partial charge in [0.05, 0.1) is 0 Å². The Kier molecular flexibility index (Phi) is 5.06. The molecule has 1 aliphatic rings. The number of benzene rings is 1. The van der Waals surface area contributed by atoms with E-state index in [1.807, 2.05) is 12.1 Å². The van der Waals surface area contributed by atoms with Crippen LogP contribution in [0.2, 0.25) is 0 Å². The summed E-state index contributed by atoms with van der Waals surface area (Å²) in [5.74, 6) is 1.58. The highest BCUT2D eigenvalue weighted by Crippen LogP contribution is 2.39. The number of rotatable bonds is 8. The van der Waals surface area contributed by atoms with Gasteiger partial charge in [-0.15, -0.1) is 0 Å². The average molecular weight is 277 g/mol. The fourth-order valence-corrected chi connectivity index (χ4v) is 2.40. The van der Waals surface area contributed by atoms with Crippen molar-refractivity contribution in [2.75, 3.05) is 13.2 Å². The lowest BCUT2D eigenvalue weighted by atomic mass is 9.98. The molecule has 0 saturated heterocycles. The molecule has 0 spiro atoms. The molecule has 0 heterocycles. The lowest BCUT2D eigenvalue weighted by Crippen LogP contribution is -2.46. The van der Waals surface area contributed by atoms with Gasteiger partial charge in [0, 0.05) is 12.1 Å². The topological polar surface area (TPSA) is 41.5 Å². The van der Waals surface area contributed by atoms with Crippen LogP contribution in [0, 0.1) is 5.92 Å². The van der Waals surface area contributed by atoms with Crippen LogP contribution in [0.15, 0.2) is 24.3 Å². The molecule has 2 rings (SSSR count). The number of β-amino-alcohol motifs (C(OH)–C–C–N with tert-alkyl or cyclic N) is 1. The third-order valence-electron chi connectivity index (χ3n) is 4.17. The number of hydrogen-bond acceptors (Lipinski definition) is 3. The van der Waals surface area contributed by atoms with Crippen LogP contribution in [0.4, 0.5) is 0 Å². The van der Waals surface area contributed by atoms with Crippen LogP contribution in [-0.2, 0) is 6.42 Å². The van der Waals surface area contributed by atoms with Crippen molar-refractivity contribution in [2.45, 2.75) is 51.7 Å². The molecule has 0 aliphatic heterocycles. The molecule has 112 valence electrons. The van der Waals surface area contributed by atoms with Gasteiger partial charge in [0.2, 0.25) is 0 Å². The standard InChI is InChI=1S/C17H27NO2/c1-4-13-5-9-16(10-6-13)20-12-15(19)11-18-17(2,3)14-7-8-14/h5-6,9-10,14-15,18-19H,4,7-8,11-12H2,1-3H3. The first-order valence-electron chi connectivity index (χ1n) is 7.66. The summed E-state index contributed by atoms with van der Waals surface area (Å²) in [6.07, 6.45) is 3.16. The monoisotopic (exact) mass is 277 g/mol. The summed E-state index contributed by atoms with van der Waals surface area (Å²) in [5, 5.41) is 13.4. The fourth-order valence-electron chi connectivity index (χ4n) is 2.40. The first-order valence-corrected chi connectivity index (χ1v) is 7.66. The Bertz CT molecular complexity index is 410. The molecule has 3 heteroatoms. The van der Waals surface area contributed by atoms with E-state index < -0.39 is 6.10 Å². The molecule has 1 fully saturated rings. The zero-order valence-corrected chi connectivity index (χ0v) is 12.9. The van der Waals surface area contributed by atoms with Crippen molar-refractivity contribution in [3.8, 4) is 5.75 Å². The normalized spacial score (nSPS) is 17.0. The second kappa shape index (κ2) is 6.59. The summed E-state index contributed by atoms with van der Waals surface area (Å²) in [6, 6.07) is 8.06. The third-order valence-corrected chi connectivity index (χ3v) is 4.17. The molecular formula is C17H27NO2. The zero-order chi connectivity index (χ0) is 14.6. The van der Waals surface area contributed by atoms with Crippen LogP contribution in [0.25, 0.3) is 0 Å². The Morgan fingerprint density at radius 1 is 1.30 bits per heavy atom. The van der Waals surface area contributed by atoms with Gasteiger partial charge in [-0.3, -0.25) is 0 Å². The van der Waals surface area contributed by atoms with Gasteiger partial charge in [-0.25, -0.2) is 0 Å². The van der Waals surface area contributed by atoms with Gasteiger partial charge in [0.1, 0.15) is 18.5 Å². The van der Waals surface area contributed by atoms with E-state index in [4.69, 9.17) is 4.74 Å². The van der Waals surface area contributed by atoms with Crippen LogP contribution in [0.3, 0.4) is 0 Å². The Morgan fingerprint density at radius 2 is 1.95 bits per heavy atom. The number of aliphatic hydroxyl groups is 1. The van der Waals surface area contributed by atoms with E-state index in [1.165, 1.54) is 18.4 Å². The first-order chi connectivity index (χ1) is 9.51. The van der Waals surface area contributed by atoms with Crippen molar-refractivity contribution in [1.82, 2.24) is 5.32 Å². The largest absolute Gasteiger partial charge is 0.491 e. The van der Waals surface area contributed by atoms with Crippen LogP contribution in [0.5, 0.6) is 5.75 Å². The van der Waals surface area contributed by atoms with Crippen molar-refractivity contribution in [1.29, 1.82) is 0 Å². The van der Waals surface area contributed by atoms with Gasteiger partial charge < -0.3 is 15.2 Å². The maximum absolute atomic E-state index is 9.99. The van der Waals surface area contributed by atoms with Gasteiger partial charge >= 0.3 is 0 Å². The van der Waals surface area contributed by atoms with Crippen LogP contribution in [-0.4, -0.2) is 29.9 Å². The Balaban J connectivity index is 1.69. The molecule has 1 unspecified atom stereocenters. The highest BCUT2D eigenvalue weighted by Gasteiger charge is 2.37. The van der Waals surface area contributed by atoms with Crippen molar-refractivity contribution >= 4 is 0 Å². The van der Waals surface area contributed by atoms with E-state index >= 15 is 0 Å². The Hall–Kier alpha value is -1.06. The van der Waals surface area contributed by atoms with Crippen molar-refractivity contribution in [3.63, 3.8) is 0 Å². The number of aliphatic hydroxyl groups excluding tert-OH is 1. The SMILES string of the molecule is CCc1ccc(OCC(O)CNC(C)(C)C2CC2)cc1. The quantitative estimate of drug-likeness (QED) is 0.768. The van der Waals surface area contributed by atoms with Gasteiger partial charge in [0.15, 0.2) is 0 Å². The lowest BCUT2D eigenvalue weighted by Gasteiger charge is -2.27. The van der Waals surface area contributed by atoms with Crippen LogP contribution >= 0.6 is 0 Å². The predicted molar refractivity (Wildman–Crippen MR) is 82.1 cm³/mol. The van der Waals surface area contributed by atoms with Gasteiger partial charge in [-0.2, -0.15) is 0 Å². The molecule has 1 atom stereocenters. The van der Waals surface area contributed by atoms with Crippen molar-refractivity contribution in [2.24, 2.45) is 5.92 Å². The minimum Gasteiger partial charge on any atom is -0.491 e. The van der Waals surface area contributed by atoms with Crippen molar-refractivity contribution in [3.05, 3.63) is 29.8 Å². The molecule has 3 nitrogen and oxygen atoms in total. The van der Waals surface area contributed by atoms with E-state index in [1.54, 1.807) is 0 Å². The Labute approximate surface area is 122 Å². The zero-order valence-electron chi connectivity index (χ0n) is 12.9. The second-order valence-electron chi connectivity index (χ2n) is 6.34. The summed E-state index contributed by atoms with van der Waals surface area (Å²) >= 11 is 0. The van der Waals surface area contributed by atoms with Gasteiger partial charge in [-0.1, -0.05) is 19.1 Å². The molecule has 0 aromatic heterocycles. The van der Waals surface area contributed by atoms with E-state index in [0.29, 0.717) is 13.2 Å². The van der Waals surface area contributed by atoms with E-state index in [-0.39, 0.29) is 5.54 Å². The molecule has 0 bridgehead atoms. The number of ether oxygens (including phenoxy) is 1. The van der Waals surface area contributed by atoms with Crippen molar-refractivity contribution < 1.29 is 9.84 Å². The minimum atomic E-state index is -0.473. The molecular weight excluding hydrogens is 250 g/mol. The molecule has 0 amide bonds. The highest BCUT2D eigenvalue weighted by molar-refractivity contribution is 5.27. The molecule has 1 aliphatic carbocycles. The number of aryl methyl sites for hydroxylation is 1. The van der Waals surface area contributed by atoms with E-state index in [2.05, 4.69) is 38.2 Å². The molecule has 2 N–H and O–H groups in total. The van der Waals surface area contributed by atoms with Gasteiger partial charge in [-0.05, 0) is 56.7 Å². The first kappa shape index (κ1) is 15.3. The maximum atomic E-state index is 9.99. The van der Waals surface area contributed by atoms with E-state index in [0.717, 1.165) is 18.1 Å². The molecule has 0 radical (unpaired) electrons. The molecule has 20 heavy (non-hydrogen) atoms. The summed E-state index contributed by atoms with van der Waals surface area (Å²) in [6.45, 7) is 7.46. The van der Waals surface area contributed by atoms with Crippen LogP contribution in [0.1, 0.15) is 39.2 Å². The smallest absolute Gasteiger partial charge is 0.119 e. The summed E-state index contributed by atoms with van der Waals surface area (Å²) in [4.78, 5) is 0. The third kappa shape index (κ3) is 4.50. The number of hydrogen-bond donors (Lipinski definition) is 2. The fraction of sp³-hybridized carbons (Fsp3) is 0.647. The summed E-state index contributed by atoms with van der Waals surface area (Å²) < 4.78 is 5.62. The second-order valence-corrected chi connectivity index (χ2v) is 6.34. The summed E-state index contributed by atoms with van der Waals surface area (Å²) in [7, 11) is 0. The predicted octanol–water partition coefficient (Wildman–Crippen LogP) is 2.77. The summed E-state index contributed by atoms with van der Waals surface area (Å²) in [5.41, 5.74) is 1.43. The maximum Gasteiger partial charge on any atom is 0.119 e. The van der Waals surface area contributed by atoms with Crippen LogP contribution < -0.4 is 10.1 Å². The molecule has 1 aromatic rings. The average Bonchev–Trinajstić information content (AvgIpc) is 3.28. The van der Waals surface area contributed by atoms with Gasteiger partial charge in [0.25, 0.3) is 0 Å². The molecule has 1 aromatic carbocycles. The number of nitrogens with one attached hydrogen (secondary N) is 1. The minimum absolute atomic E-state index is 0.129.